The first-order chi connectivity index (χ1) is 16.9. The molecule has 2 aromatic rings. The first-order valence-corrected chi connectivity index (χ1v) is 12.4. The van der Waals surface area contributed by atoms with Gasteiger partial charge in [0.15, 0.2) is 5.69 Å². The van der Waals surface area contributed by atoms with Gasteiger partial charge in [-0.3, -0.25) is 24.5 Å². The van der Waals surface area contributed by atoms with E-state index in [1.807, 2.05) is 6.07 Å². The number of carbonyl (C=O) groups is 4. The molecular formula is C25H28N6O4. The summed E-state index contributed by atoms with van der Waals surface area (Å²) in [7, 11) is 0. The van der Waals surface area contributed by atoms with Crippen molar-refractivity contribution in [1.82, 2.24) is 30.5 Å². The molecule has 5 unspecified atom stereocenters. The summed E-state index contributed by atoms with van der Waals surface area (Å²) in [5, 5.41) is 13.6. The molecule has 10 heteroatoms. The average Bonchev–Trinajstić information content (AvgIpc) is 3.63. The van der Waals surface area contributed by atoms with Gasteiger partial charge in [0.2, 0.25) is 11.8 Å². The van der Waals surface area contributed by atoms with Crippen molar-refractivity contribution < 1.29 is 19.2 Å². The number of rotatable bonds is 5. The summed E-state index contributed by atoms with van der Waals surface area (Å²) in [6, 6.07) is 4.73. The summed E-state index contributed by atoms with van der Waals surface area (Å²) in [6.45, 7) is 2.36. The number of imide groups is 1. The Hall–Kier alpha value is -3.56. The van der Waals surface area contributed by atoms with Crippen molar-refractivity contribution in [3.63, 3.8) is 0 Å². The fourth-order valence-electron chi connectivity index (χ4n) is 6.49. The molecule has 6 rings (SSSR count). The maximum atomic E-state index is 12.9. The van der Waals surface area contributed by atoms with Crippen molar-refractivity contribution in [2.45, 2.75) is 64.1 Å². The Kier molecular flexibility index (Phi) is 5.19. The van der Waals surface area contributed by atoms with Crippen LogP contribution in [0.1, 0.15) is 71.9 Å². The molecule has 2 saturated carbocycles. The molecule has 10 nitrogen and oxygen atoms in total. The second-order valence-electron chi connectivity index (χ2n) is 10.4. The fourth-order valence-corrected chi connectivity index (χ4v) is 6.49. The lowest BCUT2D eigenvalue weighted by Crippen LogP contribution is -2.52. The first-order valence-electron chi connectivity index (χ1n) is 12.4. The van der Waals surface area contributed by atoms with E-state index in [0.29, 0.717) is 23.6 Å². The van der Waals surface area contributed by atoms with Crippen molar-refractivity contribution in [2.75, 3.05) is 0 Å². The zero-order chi connectivity index (χ0) is 24.3. The lowest BCUT2D eigenvalue weighted by Gasteiger charge is -2.29. The van der Waals surface area contributed by atoms with Crippen molar-refractivity contribution in [1.29, 1.82) is 0 Å². The van der Waals surface area contributed by atoms with Gasteiger partial charge in [-0.25, -0.2) is 4.68 Å². The number of carbonyl (C=O) groups excluding carboxylic acids is 4. The average molecular weight is 477 g/mol. The van der Waals surface area contributed by atoms with Gasteiger partial charge in [0.25, 0.3) is 11.8 Å². The Labute approximate surface area is 202 Å². The Morgan fingerprint density at radius 2 is 2.03 bits per heavy atom. The number of nitrogens with zero attached hydrogens (tertiary/aromatic N) is 4. The maximum absolute atomic E-state index is 12.9. The van der Waals surface area contributed by atoms with Gasteiger partial charge in [0, 0.05) is 24.6 Å². The van der Waals surface area contributed by atoms with E-state index in [9.17, 15) is 19.2 Å². The van der Waals surface area contributed by atoms with Crippen molar-refractivity contribution in [2.24, 2.45) is 17.8 Å². The quantitative estimate of drug-likeness (QED) is 0.631. The molecule has 4 aliphatic rings. The van der Waals surface area contributed by atoms with Crippen LogP contribution in [0.5, 0.6) is 0 Å². The first kappa shape index (κ1) is 21.9. The molecule has 0 spiro atoms. The molecule has 0 radical (unpaired) electrons. The van der Waals surface area contributed by atoms with Crippen LogP contribution in [0.2, 0.25) is 0 Å². The van der Waals surface area contributed by atoms with Gasteiger partial charge in [-0.05, 0) is 74.1 Å². The highest BCUT2D eigenvalue weighted by Crippen LogP contribution is 2.49. The van der Waals surface area contributed by atoms with Gasteiger partial charge >= 0.3 is 0 Å². The number of piperidine rings is 1. The van der Waals surface area contributed by atoms with E-state index in [4.69, 9.17) is 0 Å². The zero-order valence-electron chi connectivity index (χ0n) is 19.6. The predicted molar refractivity (Wildman–Crippen MR) is 123 cm³/mol. The number of hydrogen-bond donors (Lipinski definition) is 2. The molecule has 182 valence electrons. The normalized spacial score (nSPS) is 28.3. The number of aromatic nitrogens is 3. The van der Waals surface area contributed by atoms with Crippen LogP contribution in [0, 0.1) is 17.8 Å². The molecule has 5 atom stereocenters. The zero-order valence-corrected chi connectivity index (χ0v) is 19.6. The Bertz CT molecular complexity index is 1240. The van der Waals surface area contributed by atoms with E-state index >= 15 is 0 Å². The molecule has 3 heterocycles. The minimum absolute atomic E-state index is 0.104. The van der Waals surface area contributed by atoms with Crippen LogP contribution < -0.4 is 10.6 Å². The number of hydrogen-bond acceptors (Lipinski definition) is 6. The van der Waals surface area contributed by atoms with Crippen molar-refractivity contribution in [3.05, 3.63) is 41.2 Å². The minimum atomic E-state index is -0.658. The smallest absolute Gasteiger partial charge is 0.273 e. The summed E-state index contributed by atoms with van der Waals surface area (Å²) in [5.41, 5.74) is 2.22. The standard InChI is InChI=1S/C25H28N6O4/c1-13(19-9-14-2-3-15(19)8-14)26-23(33)20-12-31(29-28-20)17-4-5-18-16(10-17)11-30(25(18)35)21-6-7-22(32)27-24(21)34/h4-5,10,12-15,19,21H,2-3,6-9,11H2,1H3,(H,26,33)(H,27,32,34). The summed E-state index contributed by atoms with van der Waals surface area (Å²) < 4.78 is 1.52. The third-order valence-corrected chi connectivity index (χ3v) is 8.29. The number of nitrogens with one attached hydrogen (secondary N) is 2. The van der Waals surface area contributed by atoms with Crippen molar-refractivity contribution in [3.8, 4) is 5.69 Å². The highest BCUT2D eigenvalue weighted by Gasteiger charge is 2.42. The van der Waals surface area contributed by atoms with E-state index in [1.165, 1.54) is 35.3 Å². The van der Waals surface area contributed by atoms with E-state index in [0.717, 1.165) is 17.4 Å². The summed E-state index contributed by atoms with van der Waals surface area (Å²) in [6.07, 6.45) is 7.22. The van der Waals surface area contributed by atoms with Crippen LogP contribution >= 0.6 is 0 Å². The van der Waals surface area contributed by atoms with Crippen LogP contribution in [-0.2, 0) is 16.1 Å². The van der Waals surface area contributed by atoms with Gasteiger partial charge < -0.3 is 10.2 Å². The summed E-state index contributed by atoms with van der Waals surface area (Å²) in [4.78, 5) is 50.9. The number of fused-ring (bicyclic) bond motifs is 3. The Balaban J connectivity index is 1.14. The summed E-state index contributed by atoms with van der Waals surface area (Å²) in [5.74, 6) is 0.876. The van der Waals surface area contributed by atoms with E-state index in [-0.39, 0.29) is 42.4 Å². The molecule has 35 heavy (non-hydrogen) atoms. The van der Waals surface area contributed by atoms with E-state index < -0.39 is 11.9 Å². The highest BCUT2D eigenvalue weighted by atomic mass is 16.2. The fraction of sp³-hybridized carbons (Fsp3) is 0.520. The van der Waals surface area contributed by atoms with Gasteiger partial charge in [0.05, 0.1) is 11.9 Å². The highest BCUT2D eigenvalue weighted by molar-refractivity contribution is 6.05. The molecule has 1 aromatic carbocycles. The predicted octanol–water partition coefficient (Wildman–Crippen LogP) is 1.58. The van der Waals surface area contributed by atoms with Gasteiger partial charge in [-0.2, -0.15) is 0 Å². The van der Waals surface area contributed by atoms with Gasteiger partial charge in [-0.15, -0.1) is 5.10 Å². The third-order valence-electron chi connectivity index (χ3n) is 8.29. The molecular weight excluding hydrogens is 448 g/mol. The van der Waals surface area contributed by atoms with Crippen LogP contribution in [-0.4, -0.2) is 55.6 Å². The number of benzene rings is 1. The van der Waals surface area contributed by atoms with E-state index in [1.54, 1.807) is 18.3 Å². The van der Waals surface area contributed by atoms with Gasteiger partial charge in [-0.1, -0.05) is 11.6 Å². The largest absolute Gasteiger partial charge is 0.348 e. The minimum Gasteiger partial charge on any atom is -0.348 e. The van der Waals surface area contributed by atoms with Crippen LogP contribution in [0.3, 0.4) is 0 Å². The van der Waals surface area contributed by atoms with Crippen LogP contribution in [0.4, 0.5) is 0 Å². The number of amides is 4. The monoisotopic (exact) mass is 476 g/mol. The van der Waals surface area contributed by atoms with Crippen LogP contribution in [0.25, 0.3) is 5.69 Å². The SMILES string of the molecule is CC(NC(=O)c1cn(-c2ccc3c(c2)CN(C2CCC(=O)NC2=O)C3=O)nn1)C1CC2CCC1C2. The third kappa shape index (κ3) is 3.81. The van der Waals surface area contributed by atoms with Crippen molar-refractivity contribution >= 4 is 23.6 Å². The van der Waals surface area contributed by atoms with Crippen LogP contribution in [0.15, 0.2) is 24.4 Å². The molecule has 2 aliphatic carbocycles. The Morgan fingerprint density at radius 3 is 2.77 bits per heavy atom. The second kappa shape index (κ2) is 8.28. The topological polar surface area (TPSA) is 126 Å². The molecule has 4 amide bonds. The van der Waals surface area contributed by atoms with Gasteiger partial charge in [0.1, 0.15) is 6.04 Å². The maximum Gasteiger partial charge on any atom is 0.273 e. The summed E-state index contributed by atoms with van der Waals surface area (Å²) >= 11 is 0. The lowest BCUT2D eigenvalue weighted by atomic mass is 9.84. The second-order valence-corrected chi connectivity index (χ2v) is 10.4. The Morgan fingerprint density at radius 1 is 1.17 bits per heavy atom. The molecule has 1 saturated heterocycles. The molecule has 1 aromatic heterocycles. The van der Waals surface area contributed by atoms with E-state index in [2.05, 4.69) is 27.9 Å². The molecule has 3 fully saturated rings. The molecule has 2 bridgehead atoms. The molecule has 2 aliphatic heterocycles. The lowest BCUT2D eigenvalue weighted by molar-refractivity contribution is -0.136. The molecule has 2 N–H and O–H groups in total.